The lowest BCUT2D eigenvalue weighted by atomic mass is 10.0. The lowest BCUT2D eigenvalue weighted by Gasteiger charge is -2.23. The lowest BCUT2D eigenvalue weighted by Crippen LogP contribution is -2.39. The number of carbonyl (C=O) groups is 2. The topological polar surface area (TPSA) is 99.8 Å². The monoisotopic (exact) mass is 531 g/mol. The first-order valence-electron chi connectivity index (χ1n) is 10.2. The van der Waals surface area contributed by atoms with E-state index < -0.39 is 41.3 Å². The average molecular weight is 532 g/mol. The van der Waals surface area contributed by atoms with Crippen LogP contribution in [0.1, 0.15) is 44.9 Å². The molecule has 3 rings (SSSR count). The standard InChI is InChI=1S/C22H16ClF6N5O2/c1-2-34-15(10-12-9-14(17(23)33-18(12)34)19(35)31-7-6-30)20(36)32-16(22(27,28)29)11-4-3-5-13(8-11)21(24,25)26/h3-5,8-10,16H,2,7H2,1H3,(H,31,35)(H,32,36). The van der Waals surface area contributed by atoms with Gasteiger partial charge in [0.1, 0.15) is 23.0 Å². The predicted molar refractivity (Wildman–Crippen MR) is 116 cm³/mol. The number of pyridine rings is 1. The number of nitrogens with one attached hydrogen (secondary N) is 2. The summed E-state index contributed by atoms with van der Waals surface area (Å²) in [6, 6.07) is 4.00. The lowest BCUT2D eigenvalue weighted by molar-refractivity contribution is -0.156. The van der Waals surface area contributed by atoms with Crippen LogP contribution in [0.4, 0.5) is 26.3 Å². The van der Waals surface area contributed by atoms with E-state index >= 15 is 0 Å². The summed E-state index contributed by atoms with van der Waals surface area (Å²) >= 11 is 6.06. The summed E-state index contributed by atoms with van der Waals surface area (Å²) in [4.78, 5) is 29.2. The maximum absolute atomic E-state index is 13.8. The van der Waals surface area contributed by atoms with Gasteiger partial charge < -0.3 is 15.2 Å². The molecule has 0 aliphatic heterocycles. The number of benzene rings is 1. The number of aryl methyl sites for hydroxylation is 1. The largest absolute Gasteiger partial charge is 0.416 e. The number of nitriles is 1. The number of hydrogen-bond donors (Lipinski definition) is 2. The zero-order chi connectivity index (χ0) is 26.8. The third kappa shape index (κ3) is 5.54. The van der Waals surface area contributed by atoms with Crippen LogP contribution in [0.25, 0.3) is 11.0 Å². The molecule has 0 saturated heterocycles. The van der Waals surface area contributed by atoms with Crippen LogP contribution in [-0.2, 0) is 12.7 Å². The van der Waals surface area contributed by atoms with E-state index in [1.807, 2.05) is 0 Å². The molecule has 0 bridgehead atoms. The Morgan fingerprint density at radius 3 is 2.42 bits per heavy atom. The van der Waals surface area contributed by atoms with Crippen molar-refractivity contribution < 1.29 is 35.9 Å². The van der Waals surface area contributed by atoms with Gasteiger partial charge in [0.15, 0.2) is 6.04 Å². The number of nitrogens with zero attached hydrogens (tertiary/aromatic N) is 3. The number of amides is 2. The van der Waals surface area contributed by atoms with E-state index in [0.29, 0.717) is 12.1 Å². The van der Waals surface area contributed by atoms with Gasteiger partial charge in [-0.15, -0.1) is 0 Å². The van der Waals surface area contributed by atoms with Gasteiger partial charge >= 0.3 is 12.4 Å². The van der Waals surface area contributed by atoms with E-state index in [2.05, 4.69) is 10.3 Å². The fraction of sp³-hybridized carbons (Fsp3) is 0.273. The Hall–Kier alpha value is -3.79. The van der Waals surface area contributed by atoms with Gasteiger partial charge in [0, 0.05) is 11.9 Å². The summed E-state index contributed by atoms with van der Waals surface area (Å²) in [7, 11) is 0. The van der Waals surface area contributed by atoms with Crippen LogP contribution in [0.15, 0.2) is 36.4 Å². The van der Waals surface area contributed by atoms with Crippen molar-refractivity contribution in [2.45, 2.75) is 31.9 Å². The van der Waals surface area contributed by atoms with Crippen molar-refractivity contribution in [3.05, 3.63) is 63.9 Å². The van der Waals surface area contributed by atoms with Gasteiger partial charge in [-0.3, -0.25) is 9.59 Å². The quantitative estimate of drug-likeness (QED) is 0.265. The zero-order valence-corrected chi connectivity index (χ0v) is 19.0. The summed E-state index contributed by atoms with van der Waals surface area (Å²) < 4.78 is 81.7. The summed E-state index contributed by atoms with van der Waals surface area (Å²) in [5.41, 5.74) is -2.43. The van der Waals surface area contributed by atoms with Gasteiger partial charge in [-0.1, -0.05) is 23.7 Å². The smallest absolute Gasteiger partial charge is 0.339 e. The third-order valence-electron chi connectivity index (χ3n) is 5.09. The molecular formula is C22H16ClF6N5O2. The maximum atomic E-state index is 13.8. The first-order chi connectivity index (χ1) is 16.8. The molecule has 190 valence electrons. The SMILES string of the molecule is CCn1c(C(=O)NC(c2cccc(C(F)(F)F)c2)C(F)(F)F)cc2cc(C(=O)NCC#N)c(Cl)nc21. The Morgan fingerprint density at radius 1 is 1.14 bits per heavy atom. The summed E-state index contributed by atoms with van der Waals surface area (Å²) in [6.07, 6.45) is -10.00. The number of rotatable bonds is 6. The second-order valence-corrected chi connectivity index (χ2v) is 7.78. The number of alkyl halides is 6. The van der Waals surface area contributed by atoms with Crippen molar-refractivity contribution in [1.82, 2.24) is 20.2 Å². The van der Waals surface area contributed by atoms with Crippen LogP contribution >= 0.6 is 11.6 Å². The molecule has 3 aromatic rings. The van der Waals surface area contributed by atoms with Crippen molar-refractivity contribution in [2.75, 3.05) is 6.54 Å². The Labute approximate surface area is 204 Å². The highest BCUT2D eigenvalue weighted by Gasteiger charge is 2.43. The van der Waals surface area contributed by atoms with Crippen LogP contribution in [0.3, 0.4) is 0 Å². The van der Waals surface area contributed by atoms with Crippen LogP contribution in [0.5, 0.6) is 0 Å². The van der Waals surface area contributed by atoms with E-state index in [-0.39, 0.29) is 40.5 Å². The highest BCUT2D eigenvalue weighted by atomic mass is 35.5. The van der Waals surface area contributed by atoms with Gasteiger partial charge in [0.2, 0.25) is 0 Å². The minimum absolute atomic E-state index is 0.0653. The van der Waals surface area contributed by atoms with E-state index in [1.54, 1.807) is 18.3 Å². The third-order valence-corrected chi connectivity index (χ3v) is 5.38. The van der Waals surface area contributed by atoms with Gasteiger partial charge in [0.25, 0.3) is 11.8 Å². The first-order valence-corrected chi connectivity index (χ1v) is 10.5. The van der Waals surface area contributed by atoms with Crippen molar-refractivity contribution in [3.63, 3.8) is 0 Å². The van der Waals surface area contributed by atoms with E-state index in [9.17, 15) is 35.9 Å². The fourth-order valence-corrected chi connectivity index (χ4v) is 3.72. The van der Waals surface area contributed by atoms with Crippen LogP contribution in [0.2, 0.25) is 5.15 Å². The first kappa shape index (κ1) is 26.8. The van der Waals surface area contributed by atoms with Crippen molar-refractivity contribution in [2.24, 2.45) is 0 Å². The summed E-state index contributed by atoms with van der Waals surface area (Å²) in [5, 5.41) is 12.6. The second-order valence-electron chi connectivity index (χ2n) is 7.43. The van der Waals surface area contributed by atoms with Crippen LogP contribution in [0, 0.1) is 11.3 Å². The molecule has 0 spiro atoms. The van der Waals surface area contributed by atoms with Crippen molar-refractivity contribution in [3.8, 4) is 6.07 Å². The molecule has 7 nitrogen and oxygen atoms in total. The number of aromatic nitrogens is 2. The molecule has 1 atom stereocenters. The molecule has 1 unspecified atom stereocenters. The highest BCUT2D eigenvalue weighted by molar-refractivity contribution is 6.33. The molecule has 0 aliphatic rings. The van der Waals surface area contributed by atoms with Gasteiger partial charge in [-0.2, -0.15) is 31.6 Å². The van der Waals surface area contributed by atoms with Crippen molar-refractivity contribution in [1.29, 1.82) is 5.26 Å². The van der Waals surface area contributed by atoms with Gasteiger partial charge in [-0.05, 0) is 36.8 Å². The van der Waals surface area contributed by atoms with Crippen LogP contribution in [-0.4, -0.2) is 34.1 Å². The number of halogens is 7. The molecule has 2 aromatic heterocycles. The molecule has 0 aliphatic carbocycles. The van der Waals surface area contributed by atoms with Gasteiger partial charge in [0.05, 0.1) is 17.2 Å². The fourth-order valence-electron chi connectivity index (χ4n) is 3.50. The van der Waals surface area contributed by atoms with Crippen molar-refractivity contribution >= 4 is 34.4 Å². The Kier molecular flexibility index (Phi) is 7.49. The minimum Gasteiger partial charge on any atom is -0.339 e. The molecule has 14 heteroatoms. The second kappa shape index (κ2) is 10.1. The Morgan fingerprint density at radius 2 is 1.83 bits per heavy atom. The number of fused-ring (bicyclic) bond motifs is 1. The normalized spacial score (nSPS) is 12.8. The molecule has 36 heavy (non-hydrogen) atoms. The molecule has 2 N–H and O–H groups in total. The highest BCUT2D eigenvalue weighted by Crippen LogP contribution is 2.36. The average Bonchev–Trinajstić information content (AvgIpc) is 3.16. The molecule has 1 aromatic carbocycles. The van der Waals surface area contributed by atoms with E-state index in [0.717, 1.165) is 12.1 Å². The predicted octanol–water partition coefficient (Wildman–Crippen LogP) is 5.02. The van der Waals surface area contributed by atoms with Gasteiger partial charge in [-0.25, -0.2) is 4.98 Å². The Bertz CT molecular complexity index is 1360. The van der Waals surface area contributed by atoms with E-state index in [1.165, 1.54) is 16.7 Å². The molecule has 2 amide bonds. The van der Waals surface area contributed by atoms with E-state index in [4.69, 9.17) is 16.9 Å². The molecular weight excluding hydrogens is 516 g/mol. The number of hydrogen-bond acceptors (Lipinski definition) is 4. The molecule has 2 heterocycles. The summed E-state index contributed by atoms with van der Waals surface area (Å²) in [5.74, 6) is -1.96. The zero-order valence-electron chi connectivity index (χ0n) is 18.3. The molecule has 0 radical (unpaired) electrons. The maximum Gasteiger partial charge on any atom is 0.416 e. The summed E-state index contributed by atoms with van der Waals surface area (Å²) in [6.45, 7) is 1.33. The minimum atomic E-state index is -5.11. The Balaban J connectivity index is 2.03. The molecule has 0 saturated carbocycles. The molecule has 0 fully saturated rings. The number of carbonyl (C=O) groups excluding carboxylic acids is 2. The van der Waals surface area contributed by atoms with Crippen LogP contribution < -0.4 is 10.6 Å².